The van der Waals surface area contributed by atoms with Gasteiger partial charge in [0.25, 0.3) is 0 Å². The van der Waals surface area contributed by atoms with Crippen molar-refractivity contribution in [1.29, 1.82) is 0 Å². The quantitative estimate of drug-likeness (QED) is 0.380. The van der Waals surface area contributed by atoms with Crippen molar-refractivity contribution in [2.75, 3.05) is 0 Å². The molecule has 0 fully saturated rings. The molecule has 0 bridgehead atoms. The summed E-state index contributed by atoms with van der Waals surface area (Å²) in [5.41, 5.74) is 0. The smallest absolute Gasteiger partial charge is 0.319 e. The Labute approximate surface area is 139 Å². The molecule has 0 unspecified atom stereocenters. The summed E-state index contributed by atoms with van der Waals surface area (Å²) in [5, 5.41) is 0. The van der Waals surface area contributed by atoms with Gasteiger partial charge in [-0.1, -0.05) is 72.8 Å². The summed E-state index contributed by atoms with van der Waals surface area (Å²) in [6.07, 6.45) is 0. The minimum Gasteiger partial charge on any atom is -0.325 e. The van der Waals surface area contributed by atoms with Gasteiger partial charge in [0, 0.05) is 0 Å². The lowest BCUT2D eigenvalue weighted by Gasteiger charge is -1.88. The highest BCUT2D eigenvalue weighted by molar-refractivity contribution is 8.06. The van der Waals surface area contributed by atoms with Crippen LogP contribution in [0.25, 0.3) is 0 Å². The topological polar surface area (TPSA) is 121 Å². The van der Waals surface area contributed by atoms with Crippen LogP contribution in [0.2, 0.25) is 0 Å². The Morgan fingerprint density at radius 3 is 0.455 bits per heavy atom. The van der Waals surface area contributed by atoms with Gasteiger partial charge in [-0.05, 0) is 23.6 Å². The lowest BCUT2D eigenvalue weighted by molar-refractivity contribution is 0.361. The summed E-state index contributed by atoms with van der Waals surface area (Å²) in [6.45, 7) is -7.61. The van der Waals surface area contributed by atoms with Gasteiger partial charge in [-0.25, -0.2) is 0 Å². The molecule has 0 radical (unpaired) electrons. The summed E-state index contributed by atoms with van der Waals surface area (Å²) in [5.74, 6) is 0. The van der Waals surface area contributed by atoms with Crippen LogP contribution in [-0.4, -0.2) is 29.4 Å². The molecule has 0 atom stereocenters. The summed E-state index contributed by atoms with van der Waals surface area (Å²) in [6, 6.07) is 24.0. The van der Waals surface area contributed by atoms with Crippen molar-refractivity contribution in [1.82, 2.24) is 0 Å². The second kappa shape index (κ2) is 14.1. The average Bonchev–Trinajstić information content (AvgIpc) is 2.40. The SMILES string of the molecule is OP(O)(O)=S.OP(O)(O)=S.c1ccccc1.c1ccccc1. The predicted octanol–water partition coefficient (Wildman–Crippen LogP) is 1.75. The summed E-state index contributed by atoms with van der Waals surface area (Å²) < 4.78 is 0. The van der Waals surface area contributed by atoms with E-state index in [1.165, 1.54) is 0 Å². The third kappa shape index (κ3) is 50.5. The van der Waals surface area contributed by atoms with E-state index in [1.807, 2.05) is 72.8 Å². The van der Waals surface area contributed by atoms with Crippen LogP contribution in [0.15, 0.2) is 72.8 Å². The van der Waals surface area contributed by atoms with Crippen molar-refractivity contribution < 1.29 is 29.4 Å². The van der Waals surface area contributed by atoms with E-state index in [2.05, 4.69) is 23.6 Å². The largest absolute Gasteiger partial charge is 0.325 e. The van der Waals surface area contributed by atoms with Gasteiger partial charge >= 0.3 is 13.4 Å². The maximum atomic E-state index is 7.56. The molecule has 0 aliphatic carbocycles. The zero-order valence-corrected chi connectivity index (χ0v) is 14.7. The Bertz CT molecular complexity index is 423. The molecule has 0 aliphatic heterocycles. The highest BCUT2D eigenvalue weighted by atomic mass is 32.5. The third-order valence-corrected chi connectivity index (χ3v) is 1.33. The van der Waals surface area contributed by atoms with Gasteiger partial charge < -0.3 is 29.4 Å². The summed E-state index contributed by atoms with van der Waals surface area (Å²) in [4.78, 5) is 45.3. The maximum absolute atomic E-state index is 7.56. The van der Waals surface area contributed by atoms with Crippen molar-refractivity contribution in [3.63, 3.8) is 0 Å². The first-order chi connectivity index (χ1) is 10.0. The van der Waals surface area contributed by atoms with Gasteiger partial charge in [0.05, 0.1) is 0 Å². The molecule has 10 heteroatoms. The second-order valence-electron chi connectivity index (χ2n) is 3.34. The maximum Gasteiger partial charge on any atom is 0.319 e. The zero-order chi connectivity index (χ0) is 17.5. The Morgan fingerprint density at radius 2 is 0.409 bits per heavy atom. The molecule has 22 heavy (non-hydrogen) atoms. The normalized spacial score (nSPS) is 9.73. The first-order valence-electron chi connectivity index (χ1n) is 5.57. The van der Waals surface area contributed by atoms with Gasteiger partial charge in [-0.3, -0.25) is 0 Å². The number of rotatable bonds is 0. The van der Waals surface area contributed by atoms with E-state index in [4.69, 9.17) is 29.4 Å². The zero-order valence-electron chi connectivity index (χ0n) is 11.3. The fraction of sp³-hybridized carbons (Fsp3) is 0. The molecule has 0 heterocycles. The molecule has 6 nitrogen and oxygen atoms in total. The van der Waals surface area contributed by atoms with Gasteiger partial charge in [0.1, 0.15) is 0 Å². The highest BCUT2D eigenvalue weighted by Gasteiger charge is 1.92. The van der Waals surface area contributed by atoms with E-state index in [9.17, 15) is 0 Å². The lowest BCUT2D eigenvalue weighted by Crippen LogP contribution is -1.65. The standard InChI is InChI=1S/2C6H6.2H3O3PS/c2*1-2-4-6-5-3-1;2*1-4(2,3)5/h2*1-6H;2*(H3,1,2,3,5). The molecular weight excluding hydrogens is 366 g/mol. The fourth-order valence-electron chi connectivity index (χ4n) is 0.770. The fourth-order valence-corrected chi connectivity index (χ4v) is 0.770. The third-order valence-electron chi connectivity index (χ3n) is 1.33. The van der Waals surface area contributed by atoms with Crippen LogP contribution in [0.3, 0.4) is 0 Å². The minimum atomic E-state index is -3.81. The summed E-state index contributed by atoms with van der Waals surface area (Å²) in [7, 11) is 0. The van der Waals surface area contributed by atoms with Crippen LogP contribution in [0, 0.1) is 0 Å². The van der Waals surface area contributed by atoms with E-state index in [1.54, 1.807) is 0 Å². The van der Waals surface area contributed by atoms with Crippen molar-refractivity contribution in [3.8, 4) is 0 Å². The van der Waals surface area contributed by atoms with E-state index in [0.29, 0.717) is 0 Å². The molecule has 0 saturated carbocycles. The van der Waals surface area contributed by atoms with Crippen LogP contribution in [-0.2, 0) is 23.6 Å². The van der Waals surface area contributed by atoms with Crippen LogP contribution in [0.4, 0.5) is 0 Å². The molecule has 2 aromatic carbocycles. The molecule has 2 aromatic rings. The summed E-state index contributed by atoms with van der Waals surface area (Å²) >= 11 is 7.21. The molecule has 0 aromatic heterocycles. The van der Waals surface area contributed by atoms with Crippen molar-refractivity contribution in [2.24, 2.45) is 0 Å². The van der Waals surface area contributed by atoms with Gasteiger partial charge in [-0.15, -0.1) is 0 Å². The highest BCUT2D eigenvalue weighted by Crippen LogP contribution is 2.26. The van der Waals surface area contributed by atoms with E-state index in [0.717, 1.165) is 0 Å². The molecule has 0 saturated heterocycles. The number of benzene rings is 2. The Kier molecular flexibility index (Phi) is 15.2. The minimum absolute atomic E-state index is 2.00. The Balaban J connectivity index is 0. The second-order valence-corrected chi connectivity index (χ2v) is 8.33. The van der Waals surface area contributed by atoms with Crippen LogP contribution in [0.5, 0.6) is 0 Å². The van der Waals surface area contributed by atoms with Crippen molar-refractivity contribution in [3.05, 3.63) is 72.8 Å². The molecule has 0 aliphatic rings. The molecule has 0 spiro atoms. The predicted molar refractivity (Wildman–Crippen MR) is 94.8 cm³/mol. The molecule has 0 amide bonds. The van der Waals surface area contributed by atoms with Crippen LogP contribution < -0.4 is 0 Å². The van der Waals surface area contributed by atoms with E-state index >= 15 is 0 Å². The number of hydrogen-bond acceptors (Lipinski definition) is 2. The number of hydrogen-bond donors (Lipinski definition) is 6. The average molecular weight is 384 g/mol. The van der Waals surface area contributed by atoms with E-state index in [-0.39, 0.29) is 0 Å². The molecule has 6 N–H and O–H groups in total. The monoisotopic (exact) mass is 384 g/mol. The Morgan fingerprint density at radius 1 is 0.364 bits per heavy atom. The molecule has 2 rings (SSSR count). The first kappa shape index (κ1) is 23.8. The van der Waals surface area contributed by atoms with E-state index < -0.39 is 13.4 Å². The van der Waals surface area contributed by atoms with Gasteiger partial charge in [0.2, 0.25) is 0 Å². The van der Waals surface area contributed by atoms with Crippen LogP contribution >= 0.6 is 13.4 Å². The van der Waals surface area contributed by atoms with Gasteiger partial charge in [0.15, 0.2) is 0 Å². The molecule has 124 valence electrons. The van der Waals surface area contributed by atoms with Crippen molar-refractivity contribution >= 4 is 37.1 Å². The lowest BCUT2D eigenvalue weighted by atomic mass is 10.4. The Hall–Kier alpha value is -0.500. The first-order valence-corrected chi connectivity index (χ1v) is 10.9. The van der Waals surface area contributed by atoms with Crippen LogP contribution in [0.1, 0.15) is 0 Å². The molecular formula is C12H18O6P2S2. The van der Waals surface area contributed by atoms with Crippen molar-refractivity contribution in [2.45, 2.75) is 0 Å². The van der Waals surface area contributed by atoms with Gasteiger partial charge in [-0.2, -0.15) is 0 Å².